The molecule has 0 aromatic heterocycles. The van der Waals surface area contributed by atoms with Crippen molar-refractivity contribution in [3.05, 3.63) is 70.8 Å². The highest BCUT2D eigenvalue weighted by Gasteiger charge is 2.20. The minimum Gasteiger partial charge on any atom is -0.384 e. The monoisotopic (exact) mass is 286 g/mol. The minimum absolute atomic E-state index is 0.561. The molecule has 0 amide bonds. The molecule has 1 N–H and O–H groups in total. The Bertz CT molecular complexity index is 601. The van der Waals surface area contributed by atoms with Crippen LogP contribution < -0.4 is 0 Å². The summed E-state index contributed by atoms with van der Waals surface area (Å²) < 4.78 is 1.01. The highest BCUT2D eigenvalue weighted by atomic mass is 79.9. The normalized spacial score (nSPS) is 17.8. The molecule has 84 valence electrons. The third-order valence-electron chi connectivity index (χ3n) is 3.09. The molecule has 1 aliphatic rings. The number of aliphatic hydroxyl groups is 1. The second-order valence-corrected chi connectivity index (χ2v) is 4.97. The van der Waals surface area contributed by atoms with Gasteiger partial charge in [-0.25, -0.2) is 0 Å². The first-order valence-electron chi connectivity index (χ1n) is 5.51. The summed E-state index contributed by atoms with van der Waals surface area (Å²) in [6, 6.07) is 15.9. The van der Waals surface area contributed by atoms with Crippen LogP contribution in [-0.2, 0) is 0 Å². The summed E-state index contributed by atoms with van der Waals surface area (Å²) >= 11 is 3.58. The van der Waals surface area contributed by atoms with Crippen LogP contribution in [0.2, 0.25) is 0 Å². The van der Waals surface area contributed by atoms with Crippen molar-refractivity contribution in [2.75, 3.05) is 0 Å². The molecule has 0 aliphatic heterocycles. The summed E-state index contributed by atoms with van der Waals surface area (Å²) in [6.45, 7) is 0. The van der Waals surface area contributed by atoms with Crippen LogP contribution in [0.3, 0.4) is 0 Å². The van der Waals surface area contributed by atoms with Gasteiger partial charge in [-0.15, -0.1) is 0 Å². The van der Waals surface area contributed by atoms with Gasteiger partial charge in [0.05, 0.1) is 0 Å². The number of hydrogen-bond donors (Lipinski definition) is 1. The molecule has 2 heteroatoms. The Morgan fingerprint density at radius 2 is 1.53 bits per heavy atom. The molecule has 1 aliphatic carbocycles. The predicted molar refractivity (Wildman–Crippen MR) is 73.7 cm³/mol. The second-order valence-electron chi connectivity index (χ2n) is 4.11. The van der Waals surface area contributed by atoms with Crippen molar-refractivity contribution in [2.24, 2.45) is 0 Å². The molecular weight excluding hydrogens is 276 g/mol. The van der Waals surface area contributed by atoms with E-state index in [1.807, 2.05) is 48.5 Å². The summed E-state index contributed by atoms with van der Waals surface area (Å²) in [5, 5.41) is 10.5. The average Bonchev–Trinajstić information content (AvgIpc) is 2.48. The molecule has 2 aromatic carbocycles. The van der Waals surface area contributed by atoms with Gasteiger partial charge in [-0.05, 0) is 28.3 Å². The van der Waals surface area contributed by atoms with Crippen LogP contribution in [0.4, 0.5) is 0 Å². The zero-order valence-electron chi connectivity index (χ0n) is 9.10. The third-order valence-corrected chi connectivity index (χ3v) is 3.74. The maximum atomic E-state index is 10.5. The molecule has 0 heterocycles. The van der Waals surface area contributed by atoms with Gasteiger partial charge in [0.15, 0.2) is 0 Å². The Labute approximate surface area is 109 Å². The third kappa shape index (κ3) is 1.74. The number of rotatable bonds is 0. The van der Waals surface area contributed by atoms with E-state index in [1.165, 1.54) is 0 Å². The van der Waals surface area contributed by atoms with Gasteiger partial charge in [-0.1, -0.05) is 64.5 Å². The molecule has 0 radical (unpaired) electrons. The molecule has 0 saturated carbocycles. The van der Waals surface area contributed by atoms with Crippen molar-refractivity contribution in [3.63, 3.8) is 0 Å². The quantitative estimate of drug-likeness (QED) is 0.777. The van der Waals surface area contributed by atoms with Gasteiger partial charge in [0.2, 0.25) is 0 Å². The number of aliphatic hydroxyl groups excluding tert-OH is 1. The smallest absolute Gasteiger partial charge is 0.105 e. The molecular formula is C15H11BrO. The highest BCUT2D eigenvalue weighted by molar-refractivity contribution is 9.15. The molecule has 1 atom stereocenters. The van der Waals surface area contributed by atoms with E-state index < -0.39 is 6.10 Å². The lowest BCUT2D eigenvalue weighted by Gasteiger charge is -2.14. The molecule has 0 bridgehead atoms. The number of halogens is 1. The summed E-state index contributed by atoms with van der Waals surface area (Å²) in [6.07, 6.45) is 1.50. The van der Waals surface area contributed by atoms with Crippen LogP contribution in [-0.4, -0.2) is 5.11 Å². The predicted octanol–water partition coefficient (Wildman–Crippen LogP) is 3.97. The first-order chi connectivity index (χ1) is 8.27. The summed E-state index contributed by atoms with van der Waals surface area (Å²) in [7, 11) is 0. The fourth-order valence-electron chi connectivity index (χ4n) is 2.23. The van der Waals surface area contributed by atoms with E-state index in [-0.39, 0.29) is 0 Å². The van der Waals surface area contributed by atoms with E-state index in [2.05, 4.69) is 22.0 Å². The maximum absolute atomic E-state index is 10.5. The fourth-order valence-corrected chi connectivity index (χ4v) is 2.83. The zero-order chi connectivity index (χ0) is 11.8. The molecule has 0 spiro atoms. The molecule has 0 unspecified atom stereocenters. The Kier molecular flexibility index (Phi) is 2.61. The molecule has 3 rings (SSSR count). The van der Waals surface area contributed by atoms with Crippen molar-refractivity contribution >= 4 is 26.5 Å². The Hall–Kier alpha value is -1.38. The first-order valence-corrected chi connectivity index (χ1v) is 6.30. The Morgan fingerprint density at radius 3 is 2.35 bits per heavy atom. The Morgan fingerprint density at radius 1 is 0.882 bits per heavy atom. The topological polar surface area (TPSA) is 20.2 Å². The van der Waals surface area contributed by atoms with Crippen LogP contribution in [0.1, 0.15) is 28.4 Å². The second kappa shape index (κ2) is 4.13. The lowest BCUT2D eigenvalue weighted by Crippen LogP contribution is -2.02. The van der Waals surface area contributed by atoms with Gasteiger partial charge in [-0.2, -0.15) is 0 Å². The average molecular weight is 287 g/mol. The zero-order valence-corrected chi connectivity index (χ0v) is 10.7. The largest absolute Gasteiger partial charge is 0.384 e. The van der Waals surface area contributed by atoms with Crippen molar-refractivity contribution < 1.29 is 5.11 Å². The number of benzene rings is 2. The van der Waals surface area contributed by atoms with Crippen molar-refractivity contribution in [3.8, 4) is 0 Å². The first kappa shape index (κ1) is 10.8. The van der Waals surface area contributed by atoms with Crippen molar-refractivity contribution in [1.82, 2.24) is 0 Å². The summed E-state index contributed by atoms with van der Waals surface area (Å²) in [5.74, 6) is 0. The minimum atomic E-state index is -0.561. The lowest BCUT2D eigenvalue weighted by molar-refractivity contribution is 0.220. The van der Waals surface area contributed by atoms with Gasteiger partial charge in [0, 0.05) is 4.48 Å². The number of hydrogen-bond acceptors (Lipinski definition) is 1. The number of fused-ring (bicyclic) bond motifs is 2. The fraction of sp³-hybridized carbons (Fsp3) is 0.0667. The molecule has 1 nitrogen and oxygen atoms in total. The van der Waals surface area contributed by atoms with Crippen molar-refractivity contribution in [2.45, 2.75) is 6.10 Å². The van der Waals surface area contributed by atoms with Gasteiger partial charge >= 0.3 is 0 Å². The van der Waals surface area contributed by atoms with Crippen LogP contribution in [0, 0.1) is 0 Å². The van der Waals surface area contributed by atoms with Crippen LogP contribution in [0.25, 0.3) is 10.6 Å². The van der Waals surface area contributed by atoms with E-state index in [4.69, 9.17) is 0 Å². The molecule has 17 heavy (non-hydrogen) atoms. The van der Waals surface area contributed by atoms with Crippen molar-refractivity contribution in [1.29, 1.82) is 0 Å². The summed E-state index contributed by atoms with van der Waals surface area (Å²) in [4.78, 5) is 0. The van der Waals surface area contributed by atoms with Gasteiger partial charge < -0.3 is 5.11 Å². The van der Waals surface area contributed by atoms with Gasteiger partial charge in [0.1, 0.15) is 6.10 Å². The van der Waals surface area contributed by atoms with E-state index in [1.54, 1.807) is 0 Å². The van der Waals surface area contributed by atoms with Crippen LogP contribution in [0.5, 0.6) is 0 Å². The van der Waals surface area contributed by atoms with E-state index in [9.17, 15) is 5.11 Å². The Balaban J connectivity index is 2.32. The standard InChI is InChI=1S/C15H11BrO/c16-14-9-10-5-1-2-6-11(10)15(17)13-8-4-3-7-12(13)14/h1-9,15,17H/t15-/m0/s1. The SMILES string of the molecule is O[C@H]1c2ccccc2C=C(Br)c2ccccc21. The van der Waals surface area contributed by atoms with Gasteiger partial charge in [-0.3, -0.25) is 0 Å². The molecule has 0 fully saturated rings. The highest BCUT2D eigenvalue weighted by Crippen LogP contribution is 2.38. The maximum Gasteiger partial charge on any atom is 0.105 e. The lowest BCUT2D eigenvalue weighted by atomic mass is 9.97. The van der Waals surface area contributed by atoms with E-state index in [0.29, 0.717) is 0 Å². The molecule has 0 saturated heterocycles. The van der Waals surface area contributed by atoms with Gasteiger partial charge in [0.25, 0.3) is 0 Å². The van der Waals surface area contributed by atoms with Crippen LogP contribution >= 0.6 is 15.9 Å². The summed E-state index contributed by atoms with van der Waals surface area (Å²) in [5.41, 5.74) is 4.01. The van der Waals surface area contributed by atoms with E-state index in [0.717, 1.165) is 26.7 Å². The van der Waals surface area contributed by atoms with E-state index >= 15 is 0 Å². The molecule has 2 aromatic rings. The van der Waals surface area contributed by atoms with Crippen LogP contribution in [0.15, 0.2) is 48.5 Å².